The van der Waals surface area contributed by atoms with Gasteiger partial charge in [-0.1, -0.05) is 30.3 Å². The van der Waals surface area contributed by atoms with E-state index in [1.165, 1.54) is 0 Å². The maximum Gasteiger partial charge on any atom is 0.138 e. The SMILES string of the molecule is CC(C)Oc1ccc(-c2ccccc2)nc1. The van der Waals surface area contributed by atoms with Gasteiger partial charge in [0.25, 0.3) is 0 Å². The lowest BCUT2D eigenvalue weighted by molar-refractivity contribution is 0.241. The summed E-state index contributed by atoms with van der Waals surface area (Å²) in [7, 11) is 0. The van der Waals surface area contributed by atoms with E-state index in [1.807, 2.05) is 56.3 Å². The van der Waals surface area contributed by atoms with Crippen LogP contribution >= 0.6 is 0 Å². The Bertz CT molecular complexity index is 434. The zero-order valence-corrected chi connectivity index (χ0v) is 9.55. The largest absolute Gasteiger partial charge is 0.489 e. The van der Waals surface area contributed by atoms with Crippen LogP contribution in [0, 0.1) is 0 Å². The minimum absolute atomic E-state index is 0.185. The fourth-order valence-corrected chi connectivity index (χ4v) is 1.50. The molecule has 0 aliphatic carbocycles. The number of benzene rings is 1. The lowest BCUT2D eigenvalue weighted by Crippen LogP contribution is -2.05. The summed E-state index contributed by atoms with van der Waals surface area (Å²) in [5.74, 6) is 0.815. The third-order valence-electron chi connectivity index (χ3n) is 2.18. The van der Waals surface area contributed by atoms with Crippen LogP contribution in [0.2, 0.25) is 0 Å². The standard InChI is InChI=1S/C14H15NO/c1-11(2)16-13-8-9-14(15-10-13)12-6-4-3-5-7-12/h3-11H,1-2H3. The van der Waals surface area contributed by atoms with Gasteiger partial charge in [0.1, 0.15) is 5.75 Å². The van der Waals surface area contributed by atoms with E-state index in [0.29, 0.717) is 0 Å². The number of hydrogen-bond acceptors (Lipinski definition) is 2. The van der Waals surface area contributed by atoms with Crippen LogP contribution in [0.5, 0.6) is 5.75 Å². The molecule has 0 aliphatic rings. The van der Waals surface area contributed by atoms with Crippen molar-refractivity contribution in [3.63, 3.8) is 0 Å². The fourth-order valence-electron chi connectivity index (χ4n) is 1.50. The van der Waals surface area contributed by atoms with Crippen molar-refractivity contribution in [2.24, 2.45) is 0 Å². The quantitative estimate of drug-likeness (QED) is 0.778. The van der Waals surface area contributed by atoms with E-state index in [0.717, 1.165) is 17.0 Å². The van der Waals surface area contributed by atoms with Gasteiger partial charge in [0.05, 0.1) is 18.0 Å². The maximum atomic E-state index is 5.54. The second-order valence-electron chi connectivity index (χ2n) is 3.91. The molecule has 0 unspecified atom stereocenters. The smallest absolute Gasteiger partial charge is 0.138 e. The van der Waals surface area contributed by atoms with E-state index < -0.39 is 0 Å². The Morgan fingerprint density at radius 1 is 1.00 bits per heavy atom. The molecule has 1 aromatic carbocycles. The molecule has 0 bridgehead atoms. The molecular weight excluding hydrogens is 198 g/mol. The Hall–Kier alpha value is -1.83. The Morgan fingerprint density at radius 2 is 1.75 bits per heavy atom. The first-order valence-corrected chi connectivity index (χ1v) is 5.44. The molecule has 0 saturated carbocycles. The van der Waals surface area contributed by atoms with E-state index in [4.69, 9.17) is 4.74 Å². The van der Waals surface area contributed by atoms with Crippen molar-refractivity contribution in [1.82, 2.24) is 4.98 Å². The molecular formula is C14H15NO. The van der Waals surface area contributed by atoms with Gasteiger partial charge in [-0.25, -0.2) is 0 Å². The highest BCUT2D eigenvalue weighted by Crippen LogP contribution is 2.19. The monoisotopic (exact) mass is 213 g/mol. The second kappa shape index (κ2) is 4.79. The van der Waals surface area contributed by atoms with E-state index in [-0.39, 0.29) is 6.10 Å². The van der Waals surface area contributed by atoms with Crippen LogP contribution in [0.4, 0.5) is 0 Å². The van der Waals surface area contributed by atoms with Crippen LogP contribution in [0.15, 0.2) is 48.7 Å². The van der Waals surface area contributed by atoms with Gasteiger partial charge in [0.15, 0.2) is 0 Å². The van der Waals surface area contributed by atoms with Gasteiger partial charge in [-0.05, 0) is 26.0 Å². The zero-order chi connectivity index (χ0) is 11.4. The van der Waals surface area contributed by atoms with Gasteiger partial charge in [-0.3, -0.25) is 4.98 Å². The first-order chi connectivity index (χ1) is 7.75. The van der Waals surface area contributed by atoms with E-state index >= 15 is 0 Å². The van der Waals surface area contributed by atoms with Crippen molar-refractivity contribution in [3.05, 3.63) is 48.7 Å². The van der Waals surface area contributed by atoms with E-state index in [9.17, 15) is 0 Å². The Balaban J connectivity index is 2.20. The van der Waals surface area contributed by atoms with Crippen LogP contribution in [-0.4, -0.2) is 11.1 Å². The van der Waals surface area contributed by atoms with E-state index in [1.54, 1.807) is 6.20 Å². The molecule has 0 fully saturated rings. The number of aromatic nitrogens is 1. The number of nitrogens with zero attached hydrogens (tertiary/aromatic N) is 1. The second-order valence-corrected chi connectivity index (χ2v) is 3.91. The molecule has 0 aliphatic heterocycles. The average molecular weight is 213 g/mol. The highest BCUT2D eigenvalue weighted by molar-refractivity contribution is 5.58. The van der Waals surface area contributed by atoms with Crippen molar-refractivity contribution in [1.29, 1.82) is 0 Å². The molecule has 0 spiro atoms. The summed E-state index contributed by atoms with van der Waals surface area (Å²) in [6, 6.07) is 14.0. The van der Waals surface area contributed by atoms with Gasteiger partial charge in [-0.2, -0.15) is 0 Å². The summed E-state index contributed by atoms with van der Waals surface area (Å²) >= 11 is 0. The Labute approximate surface area is 95.9 Å². The van der Waals surface area contributed by atoms with Gasteiger partial charge >= 0.3 is 0 Å². The van der Waals surface area contributed by atoms with Crippen LogP contribution < -0.4 is 4.74 Å². The number of hydrogen-bond donors (Lipinski definition) is 0. The lowest BCUT2D eigenvalue weighted by Gasteiger charge is -2.09. The summed E-state index contributed by atoms with van der Waals surface area (Å²) in [6.45, 7) is 4.01. The summed E-state index contributed by atoms with van der Waals surface area (Å²) in [5, 5.41) is 0. The van der Waals surface area contributed by atoms with Crippen LogP contribution in [0.3, 0.4) is 0 Å². The van der Waals surface area contributed by atoms with Crippen molar-refractivity contribution in [3.8, 4) is 17.0 Å². The molecule has 0 radical (unpaired) electrons. The van der Waals surface area contributed by atoms with Crippen molar-refractivity contribution in [2.45, 2.75) is 20.0 Å². The highest BCUT2D eigenvalue weighted by Gasteiger charge is 2.00. The topological polar surface area (TPSA) is 22.1 Å². The van der Waals surface area contributed by atoms with Crippen molar-refractivity contribution in [2.75, 3.05) is 0 Å². The van der Waals surface area contributed by atoms with Crippen molar-refractivity contribution < 1.29 is 4.74 Å². The molecule has 82 valence electrons. The van der Waals surface area contributed by atoms with Gasteiger partial charge in [0.2, 0.25) is 0 Å². The van der Waals surface area contributed by atoms with Crippen LogP contribution in [0.25, 0.3) is 11.3 Å². The molecule has 1 heterocycles. The average Bonchev–Trinajstić information content (AvgIpc) is 2.30. The number of ether oxygens (including phenoxy) is 1. The highest BCUT2D eigenvalue weighted by atomic mass is 16.5. The van der Waals surface area contributed by atoms with E-state index in [2.05, 4.69) is 4.98 Å². The molecule has 0 N–H and O–H groups in total. The van der Waals surface area contributed by atoms with Crippen LogP contribution in [0.1, 0.15) is 13.8 Å². The van der Waals surface area contributed by atoms with Gasteiger partial charge < -0.3 is 4.74 Å². The first kappa shape index (κ1) is 10.7. The third kappa shape index (κ3) is 2.60. The minimum atomic E-state index is 0.185. The first-order valence-electron chi connectivity index (χ1n) is 5.44. The number of pyridine rings is 1. The molecule has 0 atom stereocenters. The third-order valence-corrected chi connectivity index (χ3v) is 2.18. The summed E-state index contributed by atoms with van der Waals surface area (Å²) in [6.07, 6.45) is 1.95. The summed E-state index contributed by atoms with van der Waals surface area (Å²) in [5.41, 5.74) is 2.09. The van der Waals surface area contributed by atoms with Crippen molar-refractivity contribution >= 4 is 0 Å². The summed E-state index contributed by atoms with van der Waals surface area (Å²) < 4.78 is 5.54. The predicted molar refractivity (Wildman–Crippen MR) is 65.4 cm³/mol. The van der Waals surface area contributed by atoms with Gasteiger partial charge in [0, 0.05) is 5.56 Å². The Morgan fingerprint density at radius 3 is 2.31 bits per heavy atom. The van der Waals surface area contributed by atoms with Gasteiger partial charge in [-0.15, -0.1) is 0 Å². The molecule has 2 heteroatoms. The Kier molecular flexibility index (Phi) is 3.20. The normalized spacial score (nSPS) is 10.4. The predicted octanol–water partition coefficient (Wildman–Crippen LogP) is 3.54. The zero-order valence-electron chi connectivity index (χ0n) is 9.55. The molecule has 16 heavy (non-hydrogen) atoms. The molecule has 2 rings (SSSR count). The fraction of sp³-hybridized carbons (Fsp3) is 0.214. The maximum absolute atomic E-state index is 5.54. The summed E-state index contributed by atoms with van der Waals surface area (Å²) in [4.78, 5) is 4.38. The molecule has 2 nitrogen and oxygen atoms in total. The molecule has 1 aromatic heterocycles. The number of rotatable bonds is 3. The molecule has 2 aromatic rings. The lowest BCUT2D eigenvalue weighted by atomic mass is 10.1. The molecule has 0 saturated heterocycles. The minimum Gasteiger partial charge on any atom is -0.489 e. The molecule has 0 amide bonds. The van der Waals surface area contributed by atoms with Crippen LogP contribution in [-0.2, 0) is 0 Å².